The summed E-state index contributed by atoms with van der Waals surface area (Å²) in [7, 11) is 0. The quantitative estimate of drug-likeness (QED) is 0.724. The minimum absolute atomic E-state index is 0.115. The molecule has 0 fully saturated rings. The van der Waals surface area contributed by atoms with E-state index in [4.69, 9.17) is 11.6 Å². The van der Waals surface area contributed by atoms with Gasteiger partial charge in [-0.1, -0.05) is 0 Å². The Morgan fingerprint density at radius 1 is 1.19 bits per heavy atom. The van der Waals surface area contributed by atoms with E-state index in [0.717, 1.165) is 31.9 Å². The molecule has 1 atom stereocenters. The predicted octanol–water partition coefficient (Wildman–Crippen LogP) is 1.74. The Kier molecular flexibility index (Phi) is 4.25. The average molecular weight is 361 g/mol. The third-order valence-electron chi connectivity index (χ3n) is 3.41. The van der Waals surface area contributed by atoms with Crippen LogP contribution in [0.15, 0.2) is 42.9 Å². The van der Waals surface area contributed by atoms with Crippen LogP contribution in [0.2, 0.25) is 5.02 Å². The van der Waals surface area contributed by atoms with Crippen LogP contribution in [0.3, 0.4) is 0 Å². The standard InChI is InChI=1S/C16H14AsClN2O/c17-16-7-12-5-11(6-15(18)14(12)9-20-16)13-8-19-3-1-10(13)2-4-21/h1,3,5-9,21H,2,4,17H2. The van der Waals surface area contributed by atoms with Crippen LogP contribution in [0.1, 0.15) is 5.56 Å². The van der Waals surface area contributed by atoms with E-state index in [1.807, 2.05) is 30.6 Å². The summed E-state index contributed by atoms with van der Waals surface area (Å²) in [5.74, 6) is 0. The van der Waals surface area contributed by atoms with Crippen LogP contribution in [0.5, 0.6) is 0 Å². The number of fused-ring (bicyclic) bond motifs is 1. The Morgan fingerprint density at radius 2 is 2.05 bits per heavy atom. The number of aromatic nitrogens is 2. The molecule has 0 aliphatic heterocycles. The fraction of sp³-hybridized carbons (Fsp3) is 0.125. The van der Waals surface area contributed by atoms with E-state index >= 15 is 0 Å². The summed E-state index contributed by atoms with van der Waals surface area (Å²) in [6, 6.07) is 8.02. The SMILES string of the molecule is OCCc1ccncc1-c1cc(Cl)c2cnc([AsH2])cc2c1. The van der Waals surface area contributed by atoms with Gasteiger partial charge in [0, 0.05) is 0 Å². The number of hydrogen-bond donors (Lipinski definition) is 1. The molecule has 3 aromatic rings. The second kappa shape index (κ2) is 6.15. The molecule has 0 bridgehead atoms. The summed E-state index contributed by atoms with van der Waals surface area (Å²) in [5.41, 5.74) is 3.09. The number of pyridine rings is 2. The Hall–Kier alpha value is -1.41. The predicted molar refractivity (Wildman–Crippen MR) is 89.0 cm³/mol. The number of hydrogen-bond acceptors (Lipinski definition) is 3. The molecule has 0 radical (unpaired) electrons. The molecule has 2 heterocycles. The fourth-order valence-electron chi connectivity index (χ4n) is 2.41. The van der Waals surface area contributed by atoms with Crippen molar-refractivity contribution in [3.05, 3.63) is 53.4 Å². The monoisotopic (exact) mass is 360 g/mol. The Balaban J connectivity index is 2.21. The summed E-state index contributed by atoms with van der Waals surface area (Å²) in [5, 5.41) is 11.9. The maximum atomic E-state index is 9.20. The van der Waals surface area contributed by atoms with Crippen molar-refractivity contribution in [2.75, 3.05) is 6.61 Å². The number of aliphatic hydroxyl groups is 1. The van der Waals surface area contributed by atoms with Gasteiger partial charge in [0.15, 0.2) is 0 Å². The van der Waals surface area contributed by atoms with E-state index in [0.29, 0.717) is 11.4 Å². The van der Waals surface area contributed by atoms with Gasteiger partial charge in [-0.25, -0.2) is 0 Å². The zero-order valence-electron chi connectivity index (χ0n) is 11.3. The van der Waals surface area contributed by atoms with Crippen LogP contribution in [-0.4, -0.2) is 38.5 Å². The average Bonchev–Trinajstić information content (AvgIpc) is 2.47. The van der Waals surface area contributed by atoms with E-state index < -0.39 is 0 Å². The molecule has 106 valence electrons. The normalized spacial score (nSPS) is 11.0. The minimum atomic E-state index is 0.115. The van der Waals surface area contributed by atoms with Crippen molar-refractivity contribution < 1.29 is 5.11 Å². The van der Waals surface area contributed by atoms with Crippen molar-refractivity contribution in [2.45, 2.75) is 6.42 Å². The number of nitrogens with zero attached hydrogens (tertiary/aromatic N) is 2. The summed E-state index contributed by atoms with van der Waals surface area (Å²) in [6.07, 6.45) is 5.98. The van der Waals surface area contributed by atoms with Gasteiger partial charge >= 0.3 is 136 Å². The molecular formula is C16H14AsClN2O. The maximum absolute atomic E-state index is 9.20. The summed E-state index contributed by atoms with van der Waals surface area (Å²) >= 11 is 7.88. The van der Waals surface area contributed by atoms with Gasteiger partial charge in [-0.05, 0) is 0 Å². The molecule has 2 aromatic heterocycles. The summed E-state index contributed by atoms with van der Waals surface area (Å²) in [6.45, 7) is 0.115. The Bertz CT molecular complexity index is 807. The van der Waals surface area contributed by atoms with Crippen molar-refractivity contribution in [3.63, 3.8) is 0 Å². The van der Waals surface area contributed by atoms with Gasteiger partial charge in [-0.2, -0.15) is 0 Å². The van der Waals surface area contributed by atoms with Crippen LogP contribution in [0, 0.1) is 0 Å². The molecule has 3 rings (SSSR count). The van der Waals surface area contributed by atoms with Gasteiger partial charge in [0.05, 0.1) is 0 Å². The number of rotatable bonds is 3. The molecule has 5 heteroatoms. The van der Waals surface area contributed by atoms with E-state index in [9.17, 15) is 5.11 Å². The van der Waals surface area contributed by atoms with Gasteiger partial charge in [-0.3, -0.25) is 0 Å². The summed E-state index contributed by atoms with van der Waals surface area (Å²) in [4.78, 5) is 8.51. The van der Waals surface area contributed by atoms with E-state index in [2.05, 4.69) is 16.0 Å². The van der Waals surface area contributed by atoms with Gasteiger partial charge < -0.3 is 0 Å². The Labute approximate surface area is 136 Å². The van der Waals surface area contributed by atoms with Gasteiger partial charge in [-0.15, -0.1) is 0 Å². The zero-order valence-corrected chi connectivity index (χ0v) is 14.4. The Morgan fingerprint density at radius 3 is 2.86 bits per heavy atom. The molecule has 0 spiro atoms. The topological polar surface area (TPSA) is 46.0 Å². The second-order valence-electron chi connectivity index (χ2n) is 4.79. The first-order valence-electron chi connectivity index (χ1n) is 6.58. The summed E-state index contributed by atoms with van der Waals surface area (Å²) < 4.78 is 1.02. The van der Waals surface area contributed by atoms with Gasteiger partial charge in [0.1, 0.15) is 0 Å². The molecule has 0 saturated heterocycles. The van der Waals surface area contributed by atoms with Crippen molar-refractivity contribution in [2.24, 2.45) is 0 Å². The first kappa shape index (κ1) is 14.5. The first-order chi connectivity index (χ1) is 10.2. The van der Waals surface area contributed by atoms with Crippen molar-refractivity contribution in [1.29, 1.82) is 0 Å². The van der Waals surface area contributed by atoms with Crippen LogP contribution in [-0.2, 0) is 6.42 Å². The molecule has 1 aromatic carbocycles. The third-order valence-corrected chi connectivity index (χ3v) is 4.39. The van der Waals surface area contributed by atoms with Crippen molar-refractivity contribution in [3.8, 4) is 11.1 Å². The van der Waals surface area contributed by atoms with E-state index in [1.54, 1.807) is 6.20 Å². The molecule has 0 saturated carbocycles. The molecule has 3 nitrogen and oxygen atoms in total. The van der Waals surface area contributed by atoms with Crippen LogP contribution < -0.4 is 4.48 Å². The van der Waals surface area contributed by atoms with Gasteiger partial charge in [0.2, 0.25) is 0 Å². The van der Waals surface area contributed by atoms with Crippen molar-refractivity contribution >= 4 is 43.7 Å². The zero-order chi connectivity index (χ0) is 14.8. The third kappa shape index (κ3) is 2.96. The molecule has 0 aliphatic carbocycles. The van der Waals surface area contributed by atoms with Crippen LogP contribution in [0.4, 0.5) is 0 Å². The molecule has 0 aliphatic rings. The number of benzene rings is 1. The molecule has 0 amide bonds. The van der Waals surface area contributed by atoms with E-state index in [1.165, 1.54) is 16.9 Å². The molecular weight excluding hydrogens is 347 g/mol. The second-order valence-corrected chi connectivity index (χ2v) is 6.44. The van der Waals surface area contributed by atoms with Gasteiger partial charge in [0.25, 0.3) is 0 Å². The molecule has 21 heavy (non-hydrogen) atoms. The molecule has 1 unspecified atom stereocenters. The van der Waals surface area contributed by atoms with Crippen LogP contribution in [0.25, 0.3) is 21.9 Å². The van der Waals surface area contributed by atoms with Crippen molar-refractivity contribution in [1.82, 2.24) is 9.97 Å². The number of halogens is 1. The van der Waals surface area contributed by atoms with E-state index in [-0.39, 0.29) is 6.61 Å². The molecule has 1 N–H and O–H groups in total. The fourth-order valence-corrected chi connectivity index (χ4v) is 3.22. The number of aliphatic hydroxyl groups excluding tert-OH is 1. The van der Waals surface area contributed by atoms with Crippen LogP contribution >= 0.6 is 11.6 Å². The first-order valence-corrected chi connectivity index (χ1v) is 8.17.